The molecule has 2 fully saturated rings. The Morgan fingerprint density at radius 3 is 3.04 bits per heavy atom. The molecule has 1 aromatic rings. The average molecular weight is 332 g/mol. The number of amides is 2. The Bertz CT molecular complexity index is 539. The van der Waals surface area contributed by atoms with Crippen LogP contribution >= 0.6 is 0 Å². The minimum atomic E-state index is -0.265. The minimum Gasteiger partial charge on any atom is -0.393 e. The molecule has 2 heterocycles. The first kappa shape index (κ1) is 17.1. The molecule has 2 N–H and O–H groups in total. The summed E-state index contributed by atoms with van der Waals surface area (Å²) in [6.45, 7) is 3.60. The lowest BCUT2D eigenvalue weighted by Gasteiger charge is -2.39. The van der Waals surface area contributed by atoms with Gasteiger partial charge >= 0.3 is 6.03 Å². The summed E-state index contributed by atoms with van der Waals surface area (Å²) in [7, 11) is 0. The molecule has 0 spiro atoms. The lowest BCUT2D eigenvalue weighted by Crippen LogP contribution is -2.49. The summed E-state index contributed by atoms with van der Waals surface area (Å²) in [5.74, 6) is 0.863. The molecule has 1 aliphatic heterocycles. The monoisotopic (exact) mass is 332 g/mol. The molecular weight excluding hydrogens is 304 g/mol. The van der Waals surface area contributed by atoms with Crippen molar-refractivity contribution >= 4 is 6.03 Å². The van der Waals surface area contributed by atoms with Crippen LogP contribution in [0, 0.1) is 11.8 Å². The van der Waals surface area contributed by atoms with Gasteiger partial charge in [0.2, 0.25) is 0 Å². The highest BCUT2D eigenvalue weighted by atomic mass is 16.3. The highest BCUT2D eigenvalue weighted by Gasteiger charge is 2.40. The number of carbonyl (C=O) groups excluding carboxylic acids is 1. The number of nitrogens with zero attached hydrogens (tertiary/aromatic N) is 3. The second-order valence-electron chi connectivity index (χ2n) is 7.23. The largest absolute Gasteiger partial charge is 0.393 e. The van der Waals surface area contributed by atoms with E-state index < -0.39 is 0 Å². The smallest absolute Gasteiger partial charge is 0.317 e. The Kier molecular flexibility index (Phi) is 5.66. The van der Waals surface area contributed by atoms with Crippen LogP contribution in [0.4, 0.5) is 4.79 Å². The summed E-state index contributed by atoms with van der Waals surface area (Å²) in [6.07, 6.45) is 10.5. The van der Waals surface area contributed by atoms with Gasteiger partial charge in [-0.2, -0.15) is 0 Å². The van der Waals surface area contributed by atoms with Gasteiger partial charge < -0.3 is 15.3 Å². The SMILES string of the molecule is C[C@@H]1CC[C@H](O)[C@H]([C@@H]2CCCN2C(=O)NCCc2cnccn2)C1. The van der Waals surface area contributed by atoms with Crippen LogP contribution in [0.5, 0.6) is 0 Å². The predicted molar refractivity (Wildman–Crippen MR) is 91.4 cm³/mol. The van der Waals surface area contributed by atoms with E-state index in [4.69, 9.17) is 0 Å². The van der Waals surface area contributed by atoms with Crippen molar-refractivity contribution in [3.05, 3.63) is 24.3 Å². The summed E-state index contributed by atoms with van der Waals surface area (Å²) < 4.78 is 0. The zero-order valence-corrected chi connectivity index (χ0v) is 14.4. The highest BCUT2D eigenvalue weighted by molar-refractivity contribution is 5.74. The molecule has 0 bridgehead atoms. The van der Waals surface area contributed by atoms with Crippen molar-refractivity contribution in [3.63, 3.8) is 0 Å². The van der Waals surface area contributed by atoms with Gasteiger partial charge in [-0.25, -0.2) is 4.79 Å². The molecule has 132 valence electrons. The fraction of sp³-hybridized carbons (Fsp3) is 0.722. The number of likely N-dealkylation sites (tertiary alicyclic amines) is 1. The first-order valence-electron chi connectivity index (χ1n) is 9.12. The zero-order valence-electron chi connectivity index (χ0n) is 14.4. The van der Waals surface area contributed by atoms with Gasteiger partial charge in [0, 0.05) is 50.1 Å². The maximum absolute atomic E-state index is 12.6. The van der Waals surface area contributed by atoms with Crippen LogP contribution in [-0.2, 0) is 6.42 Å². The quantitative estimate of drug-likeness (QED) is 0.884. The van der Waals surface area contributed by atoms with Gasteiger partial charge in [-0.15, -0.1) is 0 Å². The Balaban J connectivity index is 1.53. The van der Waals surface area contributed by atoms with Crippen molar-refractivity contribution in [2.75, 3.05) is 13.1 Å². The summed E-state index contributed by atoms with van der Waals surface area (Å²) >= 11 is 0. The van der Waals surface area contributed by atoms with Crippen LogP contribution in [0.3, 0.4) is 0 Å². The third-order valence-electron chi connectivity index (χ3n) is 5.45. The van der Waals surface area contributed by atoms with Gasteiger partial charge in [0.1, 0.15) is 0 Å². The molecule has 1 aromatic heterocycles. The van der Waals surface area contributed by atoms with Crippen LogP contribution in [0.25, 0.3) is 0 Å². The van der Waals surface area contributed by atoms with Crippen LogP contribution in [0.1, 0.15) is 44.7 Å². The summed E-state index contributed by atoms with van der Waals surface area (Å²) in [6, 6.07) is 0.172. The highest BCUT2D eigenvalue weighted by Crippen LogP contribution is 2.37. The van der Waals surface area contributed by atoms with Crippen molar-refractivity contribution in [2.24, 2.45) is 11.8 Å². The van der Waals surface area contributed by atoms with Crippen LogP contribution in [-0.4, -0.2) is 51.2 Å². The molecule has 6 nitrogen and oxygen atoms in total. The fourth-order valence-corrected chi connectivity index (χ4v) is 4.17. The van der Waals surface area contributed by atoms with E-state index in [9.17, 15) is 9.90 Å². The average Bonchev–Trinajstić information content (AvgIpc) is 3.07. The van der Waals surface area contributed by atoms with Crippen molar-refractivity contribution in [1.29, 1.82) is 0 Å². The number of hydrogen-bond acceptors (Lipinski definition) is 4. The van der Waals surface area contributed by atoms with Gasteiger partial charge in [0.15, 0.2) is 0 Å². The lowest BCUT2D eigenvalue weighted by molar-refractivity contribution is 0.0153. The normalized spacial score (nSPS) is 30.3. The van der Waals surface area contributed by atoms with E-state index >= 15 is 0 Å². The van der Waals surface area contributed by atoms with E-state index in [-0.39, 0.29) is 24.1 Å². The zero-order chi connectivity index (χ0) is 16.9. The van der Waals surface area contributed by atoms with E-state index in [0.29, 0.717) is 18.9 Å². The number of hydrogen-bond donors (Lipinski definition) is 2. The van der Waals surface area contributed by atoms with E-state index in [1.807, 2.05) is 4.90 Å². The fourth-order valence-electron chi connectivity index (χ4n) is 4.17. The summed E-state index contributed by atoms with van der Waals surface area (Å²) in [5.41, 5.74) is 0.882. The van der Waals surface area contributed by atoms with E-state index in [1.165, 1.54) is 0 Å². The minimum absolute atomic E-state index is 0.00758. The van der Waals surface area contributed by atoms with Crippen LogP contribution < -0.4 is 5.32 Å². The molecule has 3 rings (SSSR count). The summed E-state index contributed by atoms with van der Waals surface area (Å²) in [4.78, 5) is 22.8. The maximum atomic E-state index is 12.6. The second kappa shape index (κ2) is 7.92. The van der Waals surface area contributed by atoms with Crippen LogP contribution in [0.2, 0.25) is 0 Å². The number of aromatic nitrogens is 2. The topological polar surface area (TPSA) is 78.4 Å². The molecule has 1 saturated carbocycles. The first-order valence-corrected chi connectivity index (χ1v) is 9.12. The molecule has 1 saturated heterocycles. The van der Waals surface area contributed by atoms with E-state index in [2.05, 4.69) is 22.2 Å². The van der Waals surface area contributed by atoms with Crippen molar-refractivity contribution < 1.29 is 9.90 Å². The first-order chi connectivity index (χ1) is 11.6. The second-order valence-corrected chi connectivity index (χ2v) is 7.23. The van der Waals surface area contributed by atoms with Crippen molar-refractivity contribution in [2.45, 2.75) is 57.6 Å². The third-order valence-corrected chi connectivity index (χ3v) is 5.45. The van der Waals surface area contributed by atoms with Crippen LogP contribution in [0.15, 0.2) is 18.6 Å². The van der Waals surface area contributed by atoms with E-state index in [1.54, 1.807) is 18.6 Å². The molecule has 1 aliphatic carbocycles. The molecule has 0 radical (unpaired) electrons. The molecule has 6 heteroatoms. The Hall–Kier alpha value is -1.69. The standard InChI is InChI=1S/C18H28N4O2/c1-13-4-5-17(23)15(11-13)16-3-2-10-22(16)18(24)21-7-6-14-12-19-8-9-20-14/h8-9,12-13,15-17,23H,2-7,10-11H2,1H3,(H,21,24)/t13-,15+,16+,17+/m1/s1. The van der Waals surface area contributed by atoms with Crippen molar-refractivity contribution in [3.8, 4) is 0 Å². The number of nitrogens with one attached hydrogen (secondary N) is 1. The molecule has 4 atom stereocenters. The molecule has 24 heavy (non-hydrogen) atoms. The van der Waals surface area contributed by atoms with Gasteiger partial charge in [-0.3, -0.25) is 9.97 Å². The van der Waals surface area contributed by atoms with Gasteiger partial charge in [0.25, 0.3) is 0 Å². The number of carbonyl (C=O) groups is 1. The lowest BCUT2D eigenvalue weighted by atomic mass is 9.76. The summed E-state index contributed by atoms with van der Waals surface area (Å²) in [5, 5.41) is 13.4. The number of urea groups is 1. The van der Waals surface area contributed by atoms with Gasteiger partial charge in [-0.1, -0.05) is 6.92 Å². The molecule has 0 unspecified atom stereocenters. The maximum Gasteiger partial charge on any atom is 0.317 e. The number of aliphatic hydroxyl groups excluding tert-OH is 1. The van der Waals surface area contributed by atoms with Gasteiger partial charge in [-0.05, 0) is 38.0 Å². The molecule has 2 amide bonds. The van der Waals surface area contributed by atoms with Crippen molar-refractivity contribution in [1.82, 2.24) is 20.2 Å². The number of rotatable bonds is 4. The number of aliphatic hydroxyl groups is 1. The third kappa shape index (κ3) is 4.04. The molecule has 2 aliphatic rings. The Morgan fingerprint density at radius 1 is 1.38 bits per heavy atom. The molecular formula is C18H28N4O2. The van der Waals surface area contributed by atoms with Gasteiger partial charge in [0.05, 0.1) is 11.8 Å². The Labute approximate surface area is 143 Å². The van der Waals surface area contributed by atoms with E-state index in [0.717, 1.165) is 44.3 Å². The Morgan fingerprint density at radius 2 is 2.25 bits per heavy atom. The predicted octanol–water partition coefficient (Wildman–Crippen LogP) is 1.99. The molecule has 0 aromatic carbocycles.